The molecule has 0 saturated carbocycles. The van der Waals surface area contributed by atoms with Gasteiger partial charge in [-0.2, -0.15) is 0 Å². The Hall–Kier alpha value is -2.02. The molecule has 18 heavy (non-hydrogen) atoms. The lowest BCUT2D eigenvalue weighted by molar-refractivity contribution is 0.867. The molecule has 0 unspecified atom stereocenters. The fraction of sp³-hybridized carbons (Fsp3) is 0.176. The highest BCUT2D eigenvalue weighted by Gasteiger charge is 2.05. The van der Waals surface area contributed by atoms with Crippen molar-refractivity contribution >= 4 is 5.69 Å². The highest BCUT2D eigenvalue weighted by atomic mass is 15.1. The van der Waals surface area contributed by atoms with Crippen LogP contribution in [0.3, 0.4) is 0 Å². The van der Waals surface area contributed by atoms with E-state index in [0.717, 1.165) is 13.1 Å². The Morgan fingerprint density at radius 3 is 2.50 bits per heavy atom. The molecule has 0 spiro atoms. The van der Waals surface area contributed by atoms with Crippen molar-refractivity contribution in [3.05, 3.63) is 78.4 Å². The molecule has 0 radical (unpaired) electrons. The van der Waals surface area contributed by atoms with Crippen LogP contribution in [-0.2, 0) is 6.54 Å². The number of hydrogen-bond acceptors (Lipinski definition) is 1. The molecule has 1 heteroatoms. The first-order chi connectivity index (χ1) is 8.79. The van der Waals surface area contributed by atoms with Crippen molar-refractivity contribution in [3.63, 3.8) is 0 Å². The van der Waals surface area contributed by atoms with Gasteiger partial charge in [0.1, 0.15) is 0 Å². The highest BCUT2D eigenvalue weighted by Crippen LogP contribution is 2.18. The van der Waals surface area contributed by atoms with Crippen LogP contribution in [0.25, 0.3) is 0 Å². The maximum atomic E-state index is 3.85. The van der Waals surface area contributed by atoms with Gasteiger partial charge in [0, 0.05) is 18.8 Å². The molecule has 2 aromatic carbocycles. The van der Waals surface area contributed by atoms with E-state index >= 15 is 0 Å². The first-order valence-corrected chi connectivity index (χ1v) is 6.26. The summed E-state index contributed by atoms with van der Waals surface area (Å²) in [7, 11) is 0. The average Bonchev–Trinajstić information content (AvgIpc) is 2.39. The molecule has 0 bridgehead atoms. The van der Waals surface area contributed by atoms with E-state index in [1.165, 1.54) is 16.8 Å². The zero-order valence-electron chi connectivity index (χ0n) is 10.8. The molecular weight excluding hydrogens is 218 g/mol. The van der Waals surface area contributed by atoms with Gasteiger partial charge in [0.15, 0.2) is 0 Å². The van der Waals surface area contributed by atoms with Crippen molar-refractivity contribution in [2.45, 2.75) is 13.5 Å². The first kappa shape index (κ1) is 12.4. The molecule has 0 heterocycles. The molecule has 0 aliphatic carbocycles. The van der Waals surface area contributed by atoms with Crippen molar-refractivity contribution < 1.29 is 0 Å². The lowest BCUT2D eigenvalue weighted by atomic mass is 10.1. The van der Waals surface area contributed by atoms with Gasteiger partial charge in [-0.05, 0) is 30.2 Å². The minimum atomic E-state index is 0.859. The Morgan fingerprint density at radius 1 is 1.06 bits per heavy atom. The molecule has 0 saturated heterocycles. The number of benzene rings is 2. The molecule has 0 aromatic heterocycles. The minimum absolute atomic E-state index is 0.859. The topological polar surface area (TPSA) is 3.24 Å². The van der Waals surface area contributed by atoms with Gasteiger partial charge in [0.25, 0.3) is 0 Å². The van der Waals surface area contributed by atoms with E-state index in [0.29, 0.717) is 0 Å². The van der Waals surface area contributed by atoms with E-state index in [9.17, 15) is 0 Å². The quantitative estimate of drug-likeness (QED) is 0.705. The fourth-order valence-electron chi connectivity index (χ4n) is 2.05. The van der Waals surface area contributed by atoms with Crippen molar-refractivity contribution in [3.8, 4) is 0 Å². The van der Waals surface area contributed by atoms with Crippen LogP contribution in [0, 0.1) is 6.92 Å². The summed E-state index contributed by atoms with van der Waals surface area (Å²) >= 11 is 0. The Morgan fingerprint density at radius 2 is 1.83 bits per heavy atom. The number of rotatable bonds is 5. The summed E-state index contributed by atoms with van der Waals surface area (Å²) in [4.78, 5) is 2.33. The number of anilines is 1. The largest absolute Gasteiger partial charge is 0.363 e. The van der Waals surface area contributed by atoms with E-state index in [1.807, 2.05) is 12.1 Å². The van der Waals surface area contributed by atoms with Crippen LogP contribution in [0.15, 0.2) is 67.3 Å². The minimum Gasteiger partial charge on any atom is -0.363 e. The second kappa shape index (κ2) is 6.06. The second-order valence-electron chi connectivity index (χ2n) is 4.49. The number of nitrogens with zero attached hydrogens (tertiary/aromatic N) is 1. The zero-order valence-corrected chi connectivity index (χ0v) is 10.8. The molecule has 0 amide bonds. The predicted molar refractivity (Wildman–Crippen MR) is 78.9 cm³/mol. The third-order valence-electron chi connectivity index (χ3n) is 2.93. The number of aryl methyl sites for hydroxylation is 1. The van der Waals surface area contributed by atoms with Crippen LogP contribution in [0.1, 0.15) is 11.1 Å². The van der Waals surface area contributed by atoms with Crippen LogP contribution >= 0.6 is 0 Å². The summed E-state index contributed by atoms with van der Waals surface area (Å²) in [6.07, 6.45) is 1.95. The molecule has 1 nitrogen and oxygen atoms in total. The van der Waals surface area contributed by atoms with E-state index in [1.54, 1.807) is 0 Å². The molecule has 0 fully saturated rings. The summed E-state index contributed by atoms with van der Waals surface area (Å²) in [6, 6.07) is 19.1. The first-order valence-electron chi connectivity index (χ1n) is 6.26. The van der Waals surface area contributed by atoms with Gasteiger partial charge >= 0.3 is 0 Å². The van der Waals surface area contributed by atoms with Gasteiger partial charge in [-0.1, -0.05) is 48.5 Å². The van der Waals surface area contributed by atoms with E-state index in [2.05, 4.69) is 66.9 Å². The molecule has 0 N–H and O–H groups in total. The average molecular weight is 237 g/mol. The molecule has 2 rings (SSSR count). The lowest BCUT2D eigenvalue weighted by Gasteiger charge is -2.24. The fourth-order valence-corrected chi connectivity index (χ4v) is 2.05. The van der Waals surface area contributed by atoms with Crippen LogP contribution in [0.2, 0.25) is 0 Å². The van der Waals surface area contributed by atoms with E-state index in [4.69, 9.17) is 0 Å². The molecule has 0 aliphatic heterocycles. The van der Waals surface area contributed by atoms with Gasteiger partial charge in [0.05, 0.1) is 0 Å². The SMILES string of the molecule is C=CCN(Cc1ccccc1)c1cccc(C)c1. The lowest BCUT2D eigenvalue weighted by Crippen LogP contribution is -2.22. The van der Waals surface area contributed by atoms with Gasteiger partial charge in [-0.3, -0.25) is 0 Å². The molecular formula is C17H19N. The third kappa shape index (κ3) is 3.24. The van der Waals surface area contributed by atoms with Crippen molar-refractivity contribution in [2.75, 3.05) is 11.4 Å². The van der Waals surface area contributed by atoms with Crippen LogP contribution in [0.5, 0.6) is 0 Å². The zero-order chi connectivity index (χ0) is 12.8. The van der Waals surface area contributed by atoms with Crippen LogP contribution in [-0.4, -0.2) is 6.54 Å². The standard InChI is InChI=1S/C17H19N/c1-3-12-18(14-16-9-5-4-6-10-16)17-11-7-8-15(2)13-17/h3-11,13H,1,12,14H2,2H3. The van der Waals surface area contributed by atoms with Gasteiger partial charge < -0.3 is 4.90 Å². The highest BCUT2D eigenvalue weighted by molar-refractivity contribution is 5.49. The van der Waals surface area contributed by atoms with Crippen molar-refractivity contribution in [2.24, 2.45) is 0 Å². The van der Waals surface area contributed by atoms with Gasteiger partial charge in [0.2, 0.25) is 0 Å². The normalized spacial score (nSPS) is 10.1. The van der Waals surface area contributed by atoms with Crippen LogP contribution < -0.4 is 4.90 Å². The summed E-state index contributed by atoms with van der Waals surface area (Å²) in [5, 5.41) is 0. The third-order valence-corrected chi connectivity index (χ3v) is 2.93. The van der Waals surface area contributed by atoms with E-state index in [-0.39, 0.29) is 0 Å². The monoisotopic (exact) mass is 237 g/mol. The molecule has 92 valence electrons. The maximum Gasteiger partial charge on any atom is 0.0432 e. The van der Waals surface area contributed by atoms with E-state index < -0.39 is 0 Å². The number of hydrogen-bond donors (Lipinski definition) is 0. The Labute approximate surface area is 109 Å². The second-order valence-corrected chi connectivity index (χ2v) is 4.49. The predicted octanol–water partition coefficient (Wildman–Crippen LogP) is 4.19. The van der Waals surface area contributed by atoms with Gasteiger partial charge in [-0.15, -0.1) is 6.58 Å². The van der Waals surface area contributed by atoms with Crippen molar-refractivity contribution in [1.82, 2.24) is 0 Å². The summed E-state index contributed by atoms with van der Waals surface area (Å²) in [5.74, 6) is 0. The van der Waals surface area contributed by atoms with Crippen LogP contribution in [0.4, 0.5) is 5.69 Å². The summed E-state index contributed by atoms with van der Waals surface area (Å²) in [6.45, 7) is 7.74. The summed E-state index contributed by atoms with van der Waals surface area (Å²) in [5.41, 5.74) is 3.86. The Balaban J connectivity index is 2.20. The molecule has 0 atom stereocenters. The summed E-state index contributed by atoms with van der Waals surface area (Å²) < 4.78 is 0. The molecule has 0 aliphatic rings. The maximum absolute atomic E-state index is 3.85. The Kier molecular flexibility index (Phi) is 4.19. The van der Waals surface area contributed by atoms with Crippen molar-refractivity contribution in [1.29, 1.82) is 0 Å². The van der Waals surface area contributed by atoms with Gasteiger partial charge in [-0.25, -0.2) is 0 Å². The smallest absolute Gasteiger partial charge is 0.0432 e. The molecule has 2 aromatic rings. The Bertz CT molecular complexity index is 502.